The number of likely N-dealkylation sites (N-methyl/N-ethyl adjacent to an activating group) is 1. The summed E-state index contributed by atoms with van der Waals surface area (Å²) in [6.07, 6.45) is 5.01. The number of rotatable bonds is 5. The third kappa shape index (κ3) is 4.70. The number of piperazine rings is 1. The molecule has 6 heteroatoms. The summed E-state index contributed by atoms with van der Waals surface area (Å²) in [4.78, 5) is 23.9. The molecular formula is C19H30N4O2. The highest BCUT2D eigenvalue weighted by atomic mass is 16.5. The number of hydrogen-bond donors (Lipinski definition) is 0. The maximum atomic E-state index is 12.9. The minimum Gasteiger partial charge on any atom is -0.376 e. The van der Waals surface area contributed by atoms with Crippen LogP contribution >= 0.6 is 0 Å². The van der Waals surface area contributed by atoms with Gasteiger partial charge in [-0.25, -0.2) is 4.98 Å². The molecule has 0 aliphatic carbocycles. The lowest BCUT2D eigenvalue weighted by Crippen LogP contribution is -2.45. The van der Waals surface area contributed by atoms with E-state index < -0.39 is 0 Å². The third-order valence-corrected chi connectivity index (χ3v) is 5.04. The number of pyridine rings is 1. The van der Waals surface area contributed by atoms with Crippen LogP contribution in [-0.4, -0.2) is 79.7 Å². The second kappa shape index (κ2) is 8.63. The average molecular weight is 346 g/mol. The molecule has 1 aromatic heterocycles. The molecule has 0 unspecified atom stereocenters. The fraction of sp³-hybridized carbons (Fsp3) is 0.684. The lowest BCUT2D eigenvalue weighted by atomic mass is 10.1. The van der Waals surface area contributed by atoms with Gasteiger partial charge >= 0.3 is 0 Å². The van der Waals surface area contributed by atoms with Gasteiger partial charge in [-0.2, -0.15) is 0 Å². The summed E-state index contributed by atoms with van der Waals surface area (Å²) in [5.74, 6) is 1.01. The van der Waals surface area contributed by atoms with Crippen LogP contribution in [0.1, 0.15) is 36.5 Å². The fourth-order valence-electron chi connectivity index (χ4n) is 3.49. The van der Waals surface area contributed by atoms with E-state index in [4.69, 9.17) is 4.74 Å². The van der Waals surface area contributed by atoms with Gasteiger partial charge in [0.25, 0.3) is 5.91 Å². The Bertz CT molecular complexity index is 572. The van der Waals surface area contributed by atoms with Gasteiger partial charge in [-0.05, 0) is 38.4 Å². The second-order valence-electron chi connectivity index (χ2n) is 7.08. The standard InChI is InChI=1S/C19H30N4O2/c1-3-13-25-17-5-4-8-23(15-17)19(24)16-6-7-20-18(14-16)22-11-9-21(2)10-12-22/h6-7,14,17H,3-5,8-13,15H2,1-2H3/t17-/m1/s1. The van der Waals surface area contributed by atoms with E-state index in [0.717, 1.165) is 70.0 Å². The number of carbonyl (C=O) groups is 1. The molecule has 2 fully saturated rings. The van der Waals surface area contributed by atoms with Gasteiger partial charge in [0.15, 0.2) is 0 Å². The van der Waals surface area contributed by atoms with Crippen molar-refractivity contribution in [3.05, 3.63) is 23.9 Å². The number of aromatic nitrogens is 1. The number of likely N-dealkylation sites (tertiary alicyclic amines) is 1. The largest absolute Gasteiger partial charge is 0.376 e. The quantitative estimate of drug-likeness (QED) is 0.815. The summed E-state index contributed by atoms with van der Waals surface area (Å²) >= 11 is 0. The number of piperidine rings is 1. The van der Waals surface area contributed by atoms with E-state index in [9.17, 15) is 4.79 Å². The van der Waals surface area contributed by atoms with Crippen molar-refractivity contribution >= 4 is 11.7 Å². The SMILES string of the molecule is CCCO[C@@H]1CCCN(C(=O)c2ccnc(N3CCN(C)CC3)c2)C1. The first-order valence-corrected chi connectivity index (χ1v) is 9.48. The van der Waals surface area contributed by atoms with Crippen LogP contribution in [0.25, 0.3) is 0 Å². The smallest absolute Gasteiger partial charge is 0.254 e. The number of nitrogens with zero attached hydrogens (tertiary/aromatic N) is 4. The minimum atomic E-state index is 0.0996. The molecule has 6 nitrogen and oxygen atoms in total. The molecule has 0 aromatic carbocycles. The maximum Gasteiger partial charge on any atom is 0.254 e. The Kier molecular flexibility index (Phi) is 6.26. The van der Waals surface area contributed by atoms with Crippen LogP contribution in [0.15, 0.2) is 18.3 Å². The summed E-state index contributed by atoms with van der Waals surface area (Å²) in [5.41, 5.74) is 0.736. The Balaban J connectivity index is 1.64. The molecule has 2 aliphatic heterocycles. The van der Waals surface area contributed by atoms with Gasteiger partial charge < -0.3 is 19.4 Å². The third-order valence-electron chi connectivity index (χ3n) is 5.04. The Morgan fingerprint density at radius 1 is 1.28 bits per heavy atom. The first-order valence-electron chi connectivity index (χ1n) is 9.48. The molecule has 0 spiro atoms. The highest BCUT2D eigenvalue weighted by Gasteiger charge is 2.25. The molecule has 0 bridgehead atoms. The van der Waals surface area contributed by atoms with Crippen LogP contribution in [0, 0.1) is 0 Å². The Labute approximate surface area is 150 Å². The lowest BCUT2D eigenvalue weighted by Gasteiger charge is -2.34. The second-order valence-corrected chi connectivity index (χ2v) is 7.08. The Hall–Kier alpha value is -1.66. The molecule has 0 N–H and O–H groups in total. The molecule has 3 rings (SSSR count). The first-order chi connectivity index (χ1) is 12.2. The van der Waals surface area contributed by atoms with Crippen LogP contribution < -0.4 is 4.90 Å². The van der Waals surface area contributed by atoms with Crippen molar-refractivity contribution in [2.45, 2.75) is 32.3 Å². The van der Waals surface area contributed by atoms with E-state index in [0.29, 0.717) is 6.54 Å². The predicted octanol–water partition coefficient (Wildman–Crippen LogP) is 1.86. The highest BCUT2D eigenvalue weighted by Crippen LogP contribution is 2.19. The highest BCUT2D eigenvalue weighted by molar-refractivity contribution is 5.95. The van der Waals surface area contributed by atoms with Crippen molar-refractivity contribution in [3.63, 3.8) is 0 Å². The summed E-state index contributed by atoms with van der Waals surface area (Å²) in [6.45, 7) is 8.38. The van der Waals surface area contributed by atoms with Crippen LogP contribution in [0.3, 0.4) is 0 Å². The van der Waals surface area contributed by atoms with Crippen molar-refractivity contribution in [1.82, 2.24) is 14.8 Å². The monoisotopic (exact) mass is 346 g/mol. The van der Waals surface area contributed by atoms with E-state index in [1.165, 1.54) is 0 Å². The van der Waals surface area contributed by atoms with E-state index in [1.807, 2.05) is 17.0 Å². The molecule has 2 aliphatic rings. The zero-order valence-corrected chi connectivity index (χ0v) is 15.5. The molecule has 0 saturated carbocycles. The van der Waals surface area contributed by atoms with Crippen molar-refractivity contribution in [1.29, 1.82) is 0 Å². The van der Waals surface area contributed by atoms with Crippen molar-refractivity contribution in [2.24, 2.45) is 0 Å². The first kappa shape index (κ1) is 18.1. The number of ether oxygens (including phenoxy) is 1. The minimum absolute atomic E-state index is 0.0996. The van der Waals surface area contributed by atoms with Gasteiger partial charge in [-0.1, -0.05) is 6.92 Å². The summed E-state index contributed by atoms with van der Waals surface area (Å²) < 4.78 is 5.86. The van der Waals surface area contributed by atoms with E-state index in [-0.39, 0.29) is 12.0 Å². The molecule has 0 radical (unpaired) electrons. The van der Waals surface area contributed by atoms with Gasteiger partial charge in [0.1, 0.15) is 5.82 Å². The topological polar surface area (TPSA) is 48.9 Å². The summed E-state index contributed by atoms with van der Waals surface area (Å²) in [6, 6.07) is 3.78. The zero-order chi connectivity index (χ0) is 17.6. The molecule has 25 heavy (non-hydrogen) atoms. The summed E-state index contributed by atoms with van der Waals surface area (Å²) in [7, 11) is 2.14. The van der Waals surface area contributed by atoms with Crippen LogP contribution in [0.4, 0.5) is 5.82 Å². The van der Waals surface area contributed by atoms with Crippen molar-refractivity contribution in [3.8, 4) is 0 Å². The van der Waals surface area contributed by atoms with Crippen LogP contribution in [0.2, 0.25) is 0 Å². The van der Waals surface area contributed by atoms with E-state index in [1.54, 1.807) is 6.20 Å². The number of anilines is 1. The van der Waals surface area contributed by atoms with E-state index >= 15 is 0 Å². The van der Waals surface area contributed by atoms with Crippen molar-refractivity contribution in [2.75, 3.05) is 57.8 Å². The molecule has 1 aromatic rings. The molecular weight excluding hydrogens is 316 g/mol. The van der Waals surface area contributed by atoms with Crippen LogP contribution in [-0.2, 0) is 4.74 Å². The molecule has 1 atom stereocenters. The molecule has 1 amide bonds. The van der Waals surface area contributed by atoms with Crippen LogP contribution in [0.5, 0.6) is 0 Å². The number of carbonyl (C=O) groups excluding carboxylic acids is 1. The van der Waals surface area contributed by atoms with Gasteiger partial charge in [0.05, 0.1) is 6.10 Å². The zero-order valence-electron chi connectivity index (χ0n) is 15.5. The molecule has 2 saturated heterocycles. The normalized spacial score (nSPS) is 22.2. The van der Waals surface area contributed by atoms with E-state index in [2.05, 4.69) is 28.8 Å². The Morgan fingerprint density at radius 3 is 2.84 bits per heavy atom. The Morgan fingerprint density at radius 2 is 2.08 bits per heavy atom. The van der Waals surface area contributed by atoms with Gasteiger partial charge in [-0.15, -0.1) is 0 Å². The average Bonchev–Trinajstić information content (AvgIpc) is 2.66. The predicted molar refractivity (Wildman–Crippen MR) is 99.1 cm³/mol. The molecule has 138 valence electrons. The van der Waals surface area contributed by atoms with Gasteiger partial charge in [-0.3, -0.25) is 4.79 Å². The fourth-order valence-corrected chi connectivity index (χ4v) is 3.49. The maximum absolute atomic E-state index is 12.9. The lowest BCUT2D eigenvalue weighted by molar-refractivity contribution is 0.00211. The molecule has 3 heterocycles. The van der Waals surface area contributed by atoms with Gasteiger partial charge in [0.2, 0.25) is 0 Å². The number of hydrogen-bond acceptors (Lipinski definition) is 5. The summed E-state index contributed by atoms with van der Waals surface area (Å²) in [5, 5.41) is 0. The van der Waals surface area contributed by atoms with Crippen molar-refractivity contribution < 1.29 is 9.53 Å². The van der Waals surface area contributed by atoms with Gasteiger partial charge in [0, 0.05) is 57.6 Å². The number of amides is 1.